The van der Waals surface area contributed by atoms with Gasteiger partial charge in [-0.05, 0) is 6.92 Å². The minimum absolute atomic E-state index is 0.177. The summed E-state index contributed by atoms with van der Waals surface area (Å²) in [5.41, 5.74) is 1.65. The highest BCUT2D eigenvalue weighted by atomic mass is 31.2. The molecule has 1 aliphatic heterocycles. The standard InChI is InChI=1S/C11H16N3O9P/c1-5-3-14(10(18)13-8(5)16)7-2-6(15)11(23-7,9(12)17)4-22-24(19,20)21/h3,6-7,15H,2,4H2,1H3,(H2,12,17)(H,13,16,18)(H2,19,20,21)/t6-,7+,11+/m0/s1. The van der Waals surface area contributed by atoms with Crippen LogP contribution in [0.3, 0.4) is 0 Å². The van der Waals surface area contributed by atoms with Gasteiger partial charge in [-0.2, -0.15) is 0 Å². The van der Waals surface area contributed by atoms with Crippen molar-refractivity contribution in [3.8, 4) is 0 Å². The molecule has 1 amide bonds. The molecule has 1 aliphatic rings. The second-order valence-corrected chi connectivity index (χ2v) is 6.56. The van der Waals surface area contributed by atoms with Gasteiger partial charge in [-0.25, -0.2) is 9.36 Å². The molecule has 12 nitrogen and oxygen atoms in total. The Morgan fingerprint density at radius 3 is 2.75 bits per heavy atom. The molecule has 0 unspecified atom stereocenters. The molecule has 0 radical (unpaired) electrons. The molecular weight excluding hydrogens is 349 g/mol. The smallest absolute Gasteiger partial charge is 0.389 e. The van der Waals surface area contributed by atoms with E-state index in [1.165, 1.54) is 13.1 Å². The monoisotopic (exact) mass is 365 g/mol. The number of rotatable bonds is 5. The van der Waals surface area contributed by atoms with Gasteiger partial charge in [0.05, 0.1) is 12.7 Å². The fourth-order valence-corrected chi connectivity index (χ4v) is 2.68. The van der Waals surface area contributed by atoms with Crippen LogP contribution in [0.4, 0.5) is 0 Å². The molecule has 1 aromatic heterocycles. The quantitative estimate of drug-likeness (QED) is 0.349. The van der Waals surface area contributed by atoms with Crippen LogP contribution in [0.5, 0.6) is 0 Å². The Morgan fingerprint density at radius 2 is 2.21 bits per heavy atom. The first-order chi connectivity index (χ1) is 11.0. The van der Waals surface area contributed by atoms with Gasteiger partial charge in [-0.1, -0.05) is 0 Å². The number of aromatic amines is 1. The van der Waals surface area contributed by atoms with Crippen molar-refractivity contribution in [2.24, 2.45) is 5.73 Å². The maximum absolute atomic E-state index is 11.9. The van der Waals surface area contributed by atoms with E-state index in [4.69, 9.17) is 20.3 Å². The molecule has 1 fully saturated rings. The number of carbonyl (C=O) groups excluding carboxylic acids is 1. The van der Waals surface area contributed by atoms with Gasteiger partial charge < -0.3 is 25.4 Å². The molecule has 134 valence electrons. The molecular formula is C11H16N3O9P. The number of nitrogens with two attached hydrogens (primary N) is 1. The maximum atomic E-state index is 11.9. The van der Waals surface area contributed by atoms with Gasteiger partial charge >= 0.3 is 13.5 Å². The Hall–Kier alpha value is -1.82. The van der Waals surface area contributed by atoms with E-state index < -0.39 is 49.5 Å². The van der Waals surface area contributed by atoms with Crippen LogP contribution in [-0.2, 0) is 18.6 Å². The van der Waals surface area contributed by atoms with E-state index >= 15 is 0 Å². The first-order valence-corrected chi connectivity index (χ1v) is 8.17. The van der Waals surface area contributed by atoms with Crippen LogP contribution in [0.1, 0.15) is 18.2 Å². The molecule has 0 aliphatic carbocycles. The predicted molar refractivity (Wildman–Crippen MR) is 76.7 cm³/mol. The first kappa shape index (κ1) is 18.5. The lowest BCUT2D eigenvalue weighted by Gasteiger charge is -2.28. The van der Waals surface area contributed by atoms with Crippen molar-refractivity contribution in [1.82, 2.24) is 9.55 Å². The number of amides is 1. The second kappa shape index (κ2) is 6.24. The molecule has 1 saturated heterocycles. The van der Waals surface area contributed by atoms with Gasteiger partial charge in [-0.15, -0.1) is 0 Å². The summed E-state index contributed by atoms with van der Waals surface area (Å²) >= 11 is 0. The summed E-state index contributed by atoms with van der Waals surface area (Å²) in [5.74, 6) is -1.22. The van der Waals surface area contributed by atoms with Crippen LogP contribution in [0.2, 0.25) is 0 Å². The zero-order valence-electron chi connectivity index (χ0n) is 12.4. The van der Waals surface area contributed by atoms with Crippen molar-refractivity contribution in [3.63, 3.8) is 0 Å². The Kier molecular flexibility index (Phi) is 4.81. The van der Waals surface area contributed by atoms with Crippen LogP contribution in [0.25, 0.3) is 0 Å². The maximum Gasteiger partial charge on any atom is 0.469 e. The largest absolute Gasteiger partial charge is 0.469 e. The van der Waals surface area contributed by atoms with Gasteiger partial charge in [0, 0.05) is 18.2 Å². The second-order valence-electron chi connectivity index (χ2n) is 5.32. The fourth-order valence-electron chi connectivity index (χ4n) is 2.32. The predicted octanol–water partition coefficient (Wildman–Crippen LogP) is -2.54. The number of hydrogen-bond acceptors (Lipinski definition) is 7. The normalized spacial score (nSPS) is 27.3. The van der Waals surface area contributed by atoms with Gasteiger partial charge in [0.25, 0.3) is 11.5 Å². The zero-order valence-corrected chi connectivity index (χ0v) is 13.3. The average Bonchev–Trinajstić information content (AvgIpc) is 2.78. The molecule has 6 N–H and O–H groups in total. The molecule has 24 heavy (non-hydrogen) atoms. The lowest BCUT2D eigenvalue weighted by molar-refractivity contribution is -0.162. The molecule has 3 atom stereocenters. The minimum Gasteiger partial charge on any atom is -0.389 e. The number of aromatic nitrogens is 2. The Morgan fingerprint density at radius 1 is 1.58 bits per heavy atom. The molecule has 2 heterocycles. The topological polar surface area (TPSA) is 194 Å². The summed E-state index contributed by atoms with van der Waals surface area (Å²) in [6.45, 7) is 0.416. The van der Waals surface area contributed by atoms with Crippen LogP contribution in [0.15, 0.2) is 15.8 Å². The van der Waals surface area contributed by atoms with Gasteiger partial charge in [0.2, 0.25) is 0 Å². The van der Waals surface area contributed by atoms with Gasteiger partial charge in [-0.3, -0.25) is 23.7 Å². The summed E-state index contributed by atoms with van der Waals surface area (Å²) in [4.78, 5) is 54.5. The number of aryl methyl sites for hydroxylation is 1. The summed E-state index contributed by atoms with van der Waals surface area (Å²) < 4.78 is 21.3. The van der Waals surface area contributed by atoms with Crippen LogP contribution >= 0.6 is 7.82 Å². The third-order valence-electron chi connectivity index (χ3n) is 3.63. The molecule has 0 saturated carbocycles. The average molecular weight is 365 g/mol. The van der Waals surface area contributed by atoms with E-state index in [0.717, 1.165) is 4.57 Å². The van der Waals surface area contributed by atoms with Crippen LogP contribution in [-0.4, -0.2) is 48.7 Å². The molecule has 2 rings (SSSR count). The van der Waals surface area contributed by atoms with Crippen molar-refractivity contribution < 1.29 is 33.5 Å². The van der Waals surface area contributed by atoms with Gasteiger partial charge in [0.1, 0.15) is 6.23 Å². The molecule has 13 heteroatoms. The number of H-pyrrole nitrogens is 1. The van der Waals surface area contributed by atoms with Crippen molar-refractivity contribution in [2.45, 2.75) is 31.3 Å². The lowest BCUT2D eigenvalue weighted by Crippen LogP contribution is -2.54. The van der Waals surface area contributed by atoms with E-state index in [9.17, 15) is 24.1 Å². The summed E-state index contributed by atoms with van der Waals surface area (Å²) in [6.07, 6.45) is -1.92. The third kappa shape index (κ3) is 3.48. The Labute approximate surface area is 134 Å². The highest BCUT2D eigenvalue weighted by Gasteiger charge is 2.55. The van der Waals surface area contributed by atoms with E-state index in [-0.39, 0.29) is 12.0 Å². The number of carbonyl (C=O) groups is 1. The third-order valence-corrected chi connectivity index (χ3v) is 4.10. The number of phosphoric acid groups is 1. The number of primary amides is 1. The number of ether oxygens (including phenoxy) is 1. The molecule has 0 bridgehead atoms. The van der Waals surface area contributed by atoms with E-state index in [0.29, 0.717) is 0 Å². The van der Waals surface area contributed by atoms with E-state index in [1.807, 2.05) is 4.98 Å². The number of hydrogen-bond donors (Lipinski definition) is 5. The number of nitrogens with zero attached hydrogens (tertiary/aromatic N) is 1. The summed E-state index contributed by atoms with van der Waals surface area (Å²) in [5, 5.41) is 10.1. The minimum atomic E-state index is -4.96. The summed E-state index contributed by atoms with van der Waals surface area (Å²) in [7, 11) is -4.96. The number of phosphoric ester groups is 1. The Bertz CT molecular complexity index is 812. The number of nitrogens with one attached hydrogen (secondary N) is 1. The SMILES string of the molecule is Cc1cn([C@H]2C[C@H](O)[C@](COP(=O)(O)O)(C(N)=O)O2)c(=O)[nH]c1=O. The molecule has 1 aromatic rings. The fraction of sp³-hybridized carbons (Fsp3) is 0.545. The summed E-state index contributed by atoms with van der Waals surface area (Å²) in [6, 6.07) is 0. The van der Waals surface area contributed by atoms with Crippen molar-refractivity contribution in [1.29, 1.82) is 0 Å². The number of aliphatic hydroxyl groups excluding tert-OH is 1. The van der Waals surface area contributed by atoms with Crippen LogP contribution in [0, 0.1) is 6.92 Å². The Balaban J connectivity index is 2.37. The molecule has 0 aromatic carbocycles. The van der Waals surface area contributed by atoms with Crippen molar-refractivity contribution in [2.75, 3.05) is 6.61 Å². The van der Waals surface area contributed by atoms with E-state index in [1.54, 1.807) is 0 Å². The van der Waals surface area contributed by atoms with Crippen LogP contribution < -0.4 is 17.0 Å². The number of aliphatic hydroxyl groups is 1. The van der Waals surface area contributed by atoms with Gasteiger partial charge in [0.15, 0.2) is 5.60 Å². The van der Waals surface area contributed by atoms with Crippen molar-refractivity contribution >= 4 is 13.7 Å². The lowest BCUT2D eigenvalue weighted by atomic mass is 9.97. The zero-order chi connectivity index (χ0) is 18.3. The molecule has 0 spiro atoms. The highest BCUT2D eigenvalue weighted by Crippen LogP contribution is 2.42. The highest BCUT2D eigenvalue weighted by molar-refractivity contribution is 7.46. The van der Waals surface area contributed by atoms with E-state index in [2.05, 4.69) is 4.52 Å². The first-order valence-electron chi connectivity index (χ1n) is 6.64. The van der Waals surface area contributed by atoms with Crippen molar-refractivity contribution in [3.05, 3.63) is 32.6 Å².